The van der Waals surface area contributed by atoms with Crippen molar-refractivity contribution in [2.75, 3.05) is 26.7 Å². The number of hydrogen-bond donors (Lipinski definition) is 0. The summed E-state index contributed by atoms with van der Waals surface area (Å²) in [7, 11) is 1.61. The van der Waals surface area contributed by atoms with Gasteiger partial charge in [0.1, 0.15) is 11.4 Å². The minimum Gasteiger partial charge on any atom is -0.448 e. The first-order valence-corrected chi connectivity index (χ1v) is 7.52. The maximum atomic E-state index is 12.4. The van der Waals surface area contributed by atoms with Crippen LogP contribution in [0.1, 0.15) is 38.1 Å². The molecule has 0 unspecified atom stereocenters. The first-order valence-electron chi connectivity index (χ1n) is 7.52. The molecule has 0 atom stereocenters. The van der Waals surface area contributed by atoms with Gasteiger partial charge in [-0.1, -0.05) is 0 Å². The minimum atomic E-state index is -2.39. The van der Waals surface area contributed by atoms with Gasteiger partial charge in [-0.3, -0.25) is 4.90 Å². The Morgan fingerprint density at radius 2 is 2.17 bits per heavy atom. The molecule has 0 spiro atoms. The molecule has 23 heavy (non-hydrogen) atoms. The summed E-state index contributed by atoms with van der Waals surface area (Å²) in [6.07, 6.45) is -1.43. The topological polar surface area (TPSA) is 58.8 Å². The van der Waals surface area contributed by atoms with Gasteiger partial charge in [0.05, 0.1) is 18.2 Å². The lowest BCUT2D eigenvalue weighted by Gasteiger charge is -2.39. The Hall–Kier alpha value is -1.70. The second kappa shape index (κ2) is 6.82. The highest BCUT2D eigenvalue weighted by Crippen LogP contribution is 2.30. The number of likely N-dealkylation sites (tertiary alicyclic amines) is 1. The summed E-state index contributed by atoms with van der Waals surface area (Å²) in [6.45, 7) is 6.38. The van der Waals surface area contributed by atoms with Crippen LogP contribution in [0.5, 0.6) is 0 Å². The largest absolute Gasteiger partial charge is 0.448 e. The number of halogens is 2. The fourth-order valence-corrected chi connectivity index (χ4v) is 2.40. The number of carbonyl (C=O) groups excluding carboxylic acids is 1. The number of aromatic nitrogens is 1. The average Bonchev–Trinajstić information content (AvgIpc) is 2.71. The third-order valence-electron chi connectivity index (χ3n) is 3.45. The molecule has 0 aromatic carbocycles. The fraction of sp³-hybridized carbons (Fsp3) is 0.733. The van der Waals surface area contributed by atoms with Crippen LogP contribution in [-0.4, -0.2) is 59.6 Å². The van der Waals surface area contributed by atoms with E-state index < -0.39 is 12.0 Å². The summed E-state index contributed by atoms with van der Waals surface area (Å²) in [5.41, 5.74) is 0.111. The molecule has 2 heterocycles. The van der Waals surface area contributed by atoms with E-state index in [2.05, 4.69) is 4.98 Å². The van der Waals surface area contributed by atoms with E-state index in [0.717, 1.165) is 0 Å². The van der Waals surface area contributed by atoms with Crippen molar-refractivity contribution < 1.29 is 22.7 Å². The zero-order valence-electron chi connectivity index (χ0n) is 13.9. The van der Waals surface area contributed by atoms with Crippen LogP contribution in [0.15, 0.2) is 10.8 Å². The molecule has 0 bridgehead atoms. The monoisotopic (exact) mass is 331 g/mol. The van der Waals surface area contributed by atoms with Gasteiger partial charge in [0, 0.05) is 19.6 Å². The molecule has 0 N–H and O–H groups in total. The molecule has 1 aliphatic heterocycles. The van der Waals surface area contributed by atoms with Crippen molar-refractivity contribution in [1.82, 2.24) is 14.8 Å². The molecule has 1 aliphatic rings. The number of ether oxygens (including phenoxy) is 1. The Bertz CT molecular complexity index is 536. The van der Waals surface area contributed by atoms with Crippen LogP contribution in [0, 0.1) is 0 Å². The minimum absolute atomic E-state index is 0.0277. The maximum Gasteiger partial charge on any atom is 0.410 e. The van der Waals surface area contributed by atoms with E-state index in [1.165, 1.54) is 11.3 Å². The van der Waals surface area contributed by atoms with Crippen LogP contribution in [-0.2, 0) is 11.3 Å². The molecule has 1 fully saturated rings. The van der Waals surface area contributed by atoms with Gasteiger partial charge >= 0.3 is 6.09 Å². The van der Waals surface area contributed by atoms with E-state index in [0.29, 0.717) is 31.1 Å². The number of oxazole rings is 1. The Labute approximate surface area is 134 Å². The van der Waals surface area contributed by atoms with Crippen molar-refractivity contribution in [1.29, 1.82) is 0 Å². The number of nitrogens with zero attached hydrogens (tertiary/aromatic N) is 3. The highest BCUT2D eigenvalue weighted by Gasteiger charge is 2.37. The second-order valence-corrected chi connectivity index (χ2v) is 6.83. The van der Waals surface area contributed by atoms with E-state index in [-0.39, 0.29) is 18.6 Å². The quantitative estimate of drug-likeness (QED) is 0.830. The Morgan fingerprint density at radius 3 is 2.74 bits per heavy atom. The molecule has 2 rings (SSSR count). The number of alkyl halides is 2. The lowest BCUT2D eigenvalue weighted by atomic mass is 9.96. The van der Waals surface area contributed by atoms with Gasteiger partial charge < -0.3 is 14.1 Å². The van der Waals surface area contributed by atoms with E-state index in [1.807, 2.05) is 20.8 Å². The number of hydrogen-bond acceptors (Lipinski definition) is 5. The van der Waals surface area contributed by atoms with Crippen molar-refractivity contribution in [2.45, 2.75) is 45.3 Å². The Morgan fingerprint density at radius 1 is 1.52 bits per heavy atom. The van der Waals surface area contributed by atoms with E-state index >= 15 is 0 Å². The molecular weight excluding hydrogens is 308 g/mol. The fourth-order valence-electron chi connectivity index (χ4n) is 2.40. The van der Waals surface area contributed by atoms with Gasteiger partial charge in [-0.05, 0) is 27.8 Å². The lowest BCUT2D eigenvalue weighted by molar-refractivity contribution is 0.00629. The SMILES string of the molecule is CN(Cc1ncoc1C1CN(C(=O)OC(C)(C)C)C1)CC(F)F. The van der Waals surface area contributed by atoms with Crippen LogP contribution in [0.3, 0.4) is 0 Å². The predicted octanol–water partition coefficient (Wildman–Crippen LogP) is 2.71. The molecule has 1 amide bonds. The van der Waals surface area contributed by atoms with Crippen LogP contribution < -0.4 is 0 Å². The maximum absolute atomic E-state index is 12.4. The van der Waals surface area contributed by atoms with Gasteiger partial charge in [0.25, 0.3) is 6.43 Å². The third kappa shape index (κ3) is 4.89. The molecule has 0 saturated carbocycles. The van der Waals surface area contributed by atoms with Gasteiger partial charge in [0.2, 0.25) is 0 Å². The highest BCUT2D eigenvalue weighted by atomic mass is 19.3. The first-order chi connectivity index (χ1) is 10.7. The smallest absolute Gasteiger partial charge is 0.410 e. The van der Waals surface area contributed by atoms with Crippen molar-refractivity contribution in [2.24, 2.45) is 0 Å². The van der Waals surface area contributed by atoms with Crippen LogP contribution in [0.4, 0.5) is 13.6 Å². The molecule has 1 aromatic heterocycles. The zero-order chi connectivity index (χ0) is 17.2. The normalized spacial score (nSPS) is 16.1. The number of rotatable bonds is 5. The summed E-state index contributed by atoms with van der Waals surface area (Å²) in [5, 5.41) is 0. The summed E-state index contributed by atoms with van der Waals surface area (Å²) in [4.78, 5) is 19.1. The second-order valence-electron chi connectivity index (χ2n) is 6.83. The van der Waals surface area contributed by atoms with Gasteiger partial charge in [0.15, 0.2) is 6.39 Å². The summed E-state index contributed by atoms with van der Waals surface area (Å²) >= 11 is 0. The molecule has 6 nitrogen and oxygen atoms in total. The molecule has 0 radical (unpaired) electrons. The summed E-state index contributed by atoms with van der Waals surface area (Å²) in [6, 6.07) is 0. The van der Waals surface area contributed by atoms with E-state index in [4.69, 9.17) is 9.15 Å². The molecular formula is C15H23F2N3O3. The summed E-state index contributed by atoms with van der Waals surface area (Å²) < 4.78 is 35.5. The zero-order valence-corrected chi connectivity index (χ0v) is 13.9. The van der Waals surface area contributed by atoms with Crippen molar-refractivity contribution >= 4 is 6.09 Å². The van der Waals surface area contributed by atoms with E-state index in [1.54, 1.807) is 11.9 Å². The molecule has 1 aromatic rings. The average molecular weight is 331 g/mol. The Balaban J connectivity index is 1.88. The molecule has 0 aliphatic carbocycles. The Kier molecular flexibility index (Phi) is 5.23. The molecule has 1 saturated heterocycles. The van der Waals surface area contributed by atoms with Crippen molar-refractivity contribution in [3.63, 3.8) is 0 Å². The summed E-state index contributed by atoms with van der Waals surface area (Å²) in [5.74, 6) is 0.686. The van der Waals surface area contributed by atoms with Crippen LogP contribution >= 0.6 is 0 Å². The highest BCUT2D eigenvalue weighted by molar-refractivity contribution is 5.69. The number of amides is 1. The third-order valence-corrected chi connectivity index (χ3v) is 3.45. The molecule has 130 valence electrons. The first kappa shape index (κ1) is 17.7. The lowest BCUT2D eigenvalue weighted by Crippen LogP contribution is -2.50. The van der Waals surface area contributed by atoms with Crippen LogP contribution in [0.25, 0.3) is 0 Å². The standard InChI is InChI=1S/C15H23F2N3O3/c1-15(2,3)23-14(21)20-5-10(6-20)13-11(18-9-22-13)7-19(4)8-12(16)17/h9-10,12H,5-8H2,1-4H3. The van der Waals surface area contributed by atoms with Gasteiger partial charge in [-0.25, -0.2) is 18.6 Å². The molecule has 8 heteroatoms. The van der Waals surface area contributed by atoms with Crippen molar-refractivity contribution in [3.05, 3.63) is 17.8 Å². The van der Waals surface area contributed by atoms with Gasteiger partial charge in [-0.2, -0.15) is 0 Å². The van der Waals surface area contributed by atoms with Crippen molar-refractivity contribution in [3.8, 4) is 0 Å². The van der Waals surface area contributed by atoms with E-state index in [9.17, 15) is 13.6 Å². The predicted molar refractivity (Wildman–Crippen MR) is 79.4 cm³/mol. The van der Waals surface area contributed by atoms with Gasteiger partial charge in [-0.15, -0.1) is 0 Å². The van der Waals surface area contributed by atoms with Crippen LogP contribution in [0.2, 0.25) is 0 Å². The number of carbonyl (C=O) groups is 1.